The molecule has 1 N–H and O–H groups in total. The molecule has 1 aromatic heterocycles. The van der Waals surface area contributed by atoms with Crippen LogP contribution in [0.3, 0.4) is 0 Å². The van der Waals surface area contributed by atoms with E-state index in [9.17, 15) is 0 Å². The summed E-state index contributed by atoms with van der Waals surface area (Å²) in [6.45, 7) is 6.70. The Kier molecular flexibility index (Phi) is 5.64. The lowest BCUT2D eigenvalue weighted by Gasteiger charge is -2.15. The summed E-state index contributed by atoms with van der Waals surface area (Å²) in [4.78, 5) is 0. The predicted molar refractivity (Wildman–Crippen MR) is 76.7 cm³/mol. The van der Waals surface area contributed by atoms with Crippen LogP contribution in [0.2, 0.25) is 0 Å². The number of nitrogens with zero attached hydrogens (tertiary/aromatic N) is 4. The molecule has 0 amide bonds. The molecule has 1 aromatic carbocycles. The van der Waals surface area contributed by atoms with Gasteiger partial charge in [-0.3, -0.25) is 0 Å². The highest BCUT2D eigenvalue weighted by Crippen LogP contribution is 2.15. The van der Waals surface area contributed by atoms with Gasteiger partial charge >= 0.3 is 0 Å². The second-order valence-corrected chi connectivity index (χ2v) is 4.58. The molecule has 1 unspecified atom stereocenters. The normalized spacial score (nSPS) is 12.5. The number of nitrogens with one attached hydrogen (secondary N) is 1. The molecule has 0 aliphatic carbocycles. The van der Waals surface area contributed by atoms with Crippen molar-refractivity contribution in [3.63, 3.8) is 0 Å². The fraction of sp³-hybridized carbons (Fsp3) is 0.500. The molecule has 0 radical (unpaired) electrons. The molecule has 0 bridgehead atoms. The Morgan fingerprint density at radius 3 is 3.05 bits per heavy atom. The minimum absolute atomic E-state index is 0.285. The molecule has 0 spiro atoms. The Bertz CT molecular complexity index is 500. The molecule has 6 nitrogen and oxygen atoms in total. The third-order valence-corrected chi connectivity index (χ3v) is 3.10. The van der Waals surface area contributed by atoms with E-state index in [4.69, 9.17) is 4.74 Å². The number of aromatic nitrogens is 4. The molecular weight excluding hydrogens is 254 g/mol. The van der Waals surface area contributed by atoms with E-state index in [0.717, 1.165) is 31.9 Å². The van der Waals surface area contributed by atoms with Crippen molar-refractivity contribution in [1.29, 1.82) is 0 Å². The minimum atomic E-state index is 0.285. The molecule has 108 valence electrons. The largest absolute Gasteiger partial charge is 0.382 e. The van der Waals surface area contributed by atoms with Crippen molar-refractivity contribution in [2.75, 3.05) is 19.8 Å². The maximum atomic E-state index is 5.32. The Morgan fingerprint density at radius 1 is 1.40 bits per heavy atom. The van der Waals surface area contributed by atoms with Crippen LogP contribution in [0.5, 0.6) is 0 Å². The summed E-state index contributed by atoms with van der Waals surface area (Å²) in [7, 11) is 0. The van der Waals surface area contributed by atoms with E-state index >= 15 is 0 Å². The van der Waals surface area contributed by atoms with Crippen molar-refractivity contribution >= 4 is 0 Å². The van der Waals surface area contributed by atoms with Gasteiger partial charge in [-0.15, -0.1) is 5.10 Å². The maximum absolute atomic E-state index is 5.32. The topological polar surface area (TPSA) is 64.9 Å². The van der Waals surface area contributed by atoms with Crippen molar-refractivity contribution in [3.8, 4) is 5.69 Å². The van der Waals surface area contributed by atoms with Crippen LogP contribution in [0.25, 0.3) is 5.69 Å². The van der Waals surface area contributed by atoms with Crippen LogP contribution >= 0.6 is 0 Å². The summed E-state index contributed by atoms with van der Waals surface area (Å²) < 4.78 is 6.98. The van der Waals surface area contributed by atoms with Gasteiger partial charge in [0.2, 0.25) is 0 Å². The molecule has 1 atom stereocenters. The Balaban J connectivity index is 1.90. The summed E-state index contributed by atoms with van der Waals surface area (Å²) in [5.74, 6) is 0. The van der Waals surface area contributed by atoms with Gasteiger partial charge in [-0.2, -0.15) is 0 Å². The molecule has 0 aliphatic heterocycles. The van der Waals surface area contributed by atoms with Crippen molar-refractivity contribution in [2.45, 2.75) is 26.3 Å². The zero-order valence-corrected chi connectivity index (χ0v) is 12.0. The number of ether oxygens (including phenoxy) is 1. The van der Waals surface area contributed by atoms with E-state index in [1.54, 1.807) is 11.0 Å². The predicted octanol–water partition coefficient (Wildman–Crippen LogP) is 1.74. The average Bonchev–Trinajstić information content (AvgIpc) is 3.01. The minimum Gasteiger partial charge on any atom is -0.382 e. The van der Waals surface area contributed by atoms with E-state index in [0.29, 0.717) is 0 Å². The van der Waals surface area contributed by atoms with Crippen molar-refractivity contribution < 1.29 is 4.74 Å². The summed E-state index contributed by atoms with van der Waals surface area (Å²) >= 11 is 0. The molecule has 1 heterocycles. The smallest absolute Gasteiger partial charge is 0.143 e. The highest BCUT2D eigenvalue weighted by atomic mass is 16.5. The molecule has 20 heavy (non-hydrogen) atoms. The van der Waals surface area contributed by atoms with E-state index in [2.05, 4.69) is 39.9 Å². The summed E-state index contributed by atoms with van der Waals surface area (Å²) in [6.07, 6.45) is 2.62. The van der Waals surface area contributed by atoms with Gasteiger partial charge in [-0.25, -0.2) is 4.68 Å². The van der Waals surface area contributed by atoms with Crippen molar-refractivity contribution in [2.24, 2.45) is 0 Å². The van der Waals surface area contributed by atoms with E-state index in [-0.39, 0.29) is 6.04 Å². The van der Waals surface area contributed by atoms with E-state index in [1.807, 2.05) is 19.1 Å². The molecule has 0 aliphatic rings. The fourth-order valence-corrected chi connectivity index (χ4v) is 1.97. The van der Waals surface area contributed by atoms with Gasteiger partial charge in [0.05, 0.1) is 5.69 Å². The lowest BCUT2D eigenvalue weighted by atomic mass is 10.1. The van der Waals surface area contributed by atoms with Crippen LogP contribution in [0.4, 0.5) is 0 Å². The highest BCUT2D eigenvalue weighted by Gasteiger charge is 2.06. The van der Waals surface area contributed by atoms with Crippen molar-refractivity contribution in [3.05, 3.63) is 36.2 Å². The van der Waals surface area contributed by atoms with Gasteiger partial charge in [-0.05, 0) is 54.9 Å². The number of benzene rings is 1. The van der Waals surface area contributed by atoms with Gasteiger partial charge in [0.1, 0.15) is 6.33 Å². The van der Waals surface area contributed by atoms with Crippen LogP contribution in [0, 0.1) is 0 Å². The first kappa shape index (κ1) is 14.6. The van der Waals surface area contributed by atoms with Crippen LogP contribution in [-0.2, 0) is 4.74 Å². The standard InChI is InChI=1S/C14H21N5O/c1-3-20-9-5-8-15-12(2)13-6-4-7-14(10-13)19-11-16-17-18-19/h4,6-7,10-12,15H,3,5,8-9H2,1-2H3. The first-order valence-electron chi connectivity index (χ1n) is 6.95. The maximum Gasteiger partial charge on any atom is 0.143 e. The van der Waals surface area contributed by atoms with Gasteiger partial charge in [0.15, 0.2) is 0 Å². The van der Waals surface area contributed by atoms with E-state index < -0.39 is 0 Å². The summed E-state index contributed by atoms with van der Waals surface area (Å²) in [5, 5.41) is 14.7. The third kappa shape index (κ3) is 4.11. The monoisotopic (exact) mass is 275 g/mol. The SMILES string of the molecule is CCOCCCNC(C)c1cccc(-n2cnnn2)c1. The number of hydrogen-bond acceptors (Lipinski definition) is 5. The van der Waals surface area contributed by atoms with E-state index in [1.165, 1.54) is 5.56 Å². The number of tetrazole rings is 1. The quantitative estimate of drug-likeness (QED) is 0.743. The molecule has 6 heteroatoms. The first-order valence-corrected chi connectivity index (χ1v) is 6.95. The van der Waals surface area contributed by atoms with Gasteiger partial charge < -0.3 is 10.1 Å². The summed E-state index contributed by atoms with van der Waals surface area (Å²) in [6, 6.07) is 8.49. The molecule has 0 fully saturated rings. The Morgan fingerprint density at radius 2 is 2.30 bits per heavy atom. The van der Waals surface area contributed by atoms with Gasteiger partial charge in [0, 0.05) is 19.3 Å². The molecular formula is C14H21N5O. The Hall–Kier alpha value is -1.79. The average molecular weight is 275 g/mol. The van der Waals surface area contributed by atoms with Crippen LogP contribution in [-0.4, -0.2) is 40.0 Å². The molecule has 0 saturated heterocycles. The van der Waals surface area contributed by atoms with Crippen LogP contribution in [0.15, 0.2) is 30.6 Å². The molecule has 2 aromatic rings. The fourth-order valence-electron chi connectivity index (χ4n) is 1.97. The van der Waals surface area contributed by atoms with Crippen LogP contribution < -0.4 is 5.32 Å². The lowest BCUT2D eigenvalue weighted by molar-refractivity contribution is 0.144. The number of hydrogen-bond donors (Lipinski definition) is 1. The molecule has 0 saturated carbocycles. The first-order chi connectivity index (χ1) is 9.81. The van der Waals surface area contributed by atoms with Gasteiger partial charge in [0.25, 0.3) is 0 Å². The highest BCUT2D eigenvalue weighted by molar-refractivity contribution is 5.35. The Labute approximate surface area is 119 Å². The van der Waals surface area contributed by atoms with Crippen LogP contribution in [0.1, 0.15) is 31.9 Å². The molecule has 2 rings (SSSR count). The third-order valence-electron chi connectivity index (χ3n) is 3.10. The van der Waals surface area contributed by atoms with Crippen molar-refractivity contribution in [1.82, 2.24) is 25.5 Å². The second-order valence-electron chi connectivity index (χ2n) is 4.58. The number of rotatable bonds is 8. The zero-order chi connectivity index (χ0) is 14.2. The second kappa shape index (κ2) is 7.72. The van der Waals surface area contributed by atoms with Gasteiger partial charge in [-0.1, -0.05) is 12.1 Å². The lowest BCUT2D eigenvalue weighted by Crippen LogP contribution is -2.21. The summed E-state index contributed by atoms with van der Waals surface area (Å²) in [5.41, 5.74) is 2.19. The zero-order valence-electron chi connectivity index (χ0n) is 12.0.